The molecule has 1 aliphatic rings. The highest BCUT2D eigenvalue weighted by molar-refractivity contribution is 5.95. The van der Waals surface area contributed by atoms with E-state index in [9.17, 15) is 9.59 Å². The molecule has 43 heavy (non-hydrogen) atoms. The Labute approximate surface area is 250 Å². The lowest BCUT2D eigenvalue weighted by atomic mass is 9.99. The molecule has 5 N–H and O–H groups in total. The summed E-state index contributed by atoms with van der Waals surface area (Å²) >= 11 is 0. The number of amides is 2. The van der Waals surface area contributed by atoms with Gasteiger partial charge in [0.25, 0.3) is 0 Å². The number of fused-ring (bicyclic) bond motifs is 1. The van der Waals surface area contributed by atoms with Crippen LogP contribution < -0.4 is 21.1 Å². The third-order valence-corrected chi connectivity index (χ3v) is 7.63. The van der Waals surface area contributed by atoms with Crippen molar-refractivity contribution in [3.63, 3.8) is 0 Å². The largest absolute Gasteiger partial charge is 0.496 e. The van der Waals surface area contributed by atoms with Gasteiger partial charge in [-0.1, -0.05) is 24.8 Å². The highest BCUT2D eigenvalue weighted by atomic mass is 16.5. The van der Waals surface area contributed by atoms with Gasteiger partial charge in [0, 0.05) is 47.8 Å². The number of unbranched alkanes of at least 4 members (excludes halogenated alkanes) is 2. The second-order valence-corrected chi connectivity index (χ2v) is 10.9. The molecule has 11 heteroatoms. The third kappa shape index (κ3) is 7.10. The van der Waals surface area contributed by atoms with Gasteiger partial charge in [0.05, 0.1) is 36.5 Å². The normalized spacial score (nSPS) is 14.1. The van der Waals surface area contributed by atoms with E-state index in [-0.39, 0.29) is 23.8 Å². The molecule has 1 atom stereocenters. The molecule has 0 aliphatic carbocycles. The fourth-order valence-electron chi connectivity index (χ4n) is 5.29. The number of methoxy groups -OCH3 is 1. The molecule has 222 valence electrons. The van der Waals surface area contributed by atoms with Gasteiger partial charge in [-0.05, 0) is 44.2 Å². The quantitative estimate of drug-likeness (QED) is 0.137. The van der Waals surface area contributed by atoms with Crippen LogP contribution in [0.3, 0.4) is 0 Å². The Morgan fingerprint density at radius 2 is 2.02 bits per heavy atom. The molecular formula is C32H36N8O3. The number of hydrogen-bond donors (Lipinski definition) is 4. The molecule has 2 aromatic heterocycles. The molecule has 0 bridgehead atoms. The Morgan fingerprint density at radius 3 is 2.77 bits per heavy atom. The average molecular weight is 581 g/mol. The summed E-state index contributed by atoms with van der Waals surface area (Å²) in [6, 6.07) is 11.1. The van der Waals surface area contributed by atoms with Gasteiger partial charge in [0.2, 0.25) is 11.8 Å². The van der Waals surface area contributed by atoms with Crippen LogP contribution in [0.1, 0.15) is 49.5 Å². The molecule has 4 aromatic rings. The van der Waals surface area contributed by atoms with Crippen LogP contribution >= 0.6 is 0 Å². The lowest BCUT2D eigenvalue weighted by Crippen LogP contribution is -2.52. The minimum absolute atomic E-state index is 0.0169. The molecule has 3 heterocycles. The third-order valence-electron chi connectivity index (χ3n) is 7.63. The van der Waals surface area contributed by atoms with Gasteiger partial charge in [-0.3, -0.25) is 9.59 Å². The number of benzene rings is 2. The summed E-state index contributed by atoms with van der Waals surface area (Å²) < 4.78 is 5.74. The van der Waals surface area contributed by atoms with Crippen molar-refractivity contribution in [2.45, 2.75) is 38.1 Å². The average Bonchev–Trinajstić information content (AvgIpc) is 3.48. The predicted molar refractivity (Wildman–Crippen MR) is 165 cm³/mol. The topological polar surface area (TPSA) is 151 Å². The molecule has 11 nitrogen and oxygen atoms in total. The van der Waals surface area contributed by atoms with E-state index in [4.69, 9.17) is 16.9 Å². The summed E-state index contributed by atoms with van der Waals surface area (Å²) in [5.74, 6) is 4.22. The SMILES string of the molecule is C#Cc1cccc(Nc2ncnc3cc(OC)c(-c4cnc([C@H](CCCCCC(N)=O)NC(=O)C5CN(C)C5)[nH]4)cc23)c1. The predicted octanol–water partition coefficient (Wildman–Crippen LogP) is 3.91. The van der Waals surface area contributed by atoms with Crippen LogP contribution in [-0.2, 0) is 9.59 Å². The number of likely N-dealkylation sites (tertiary alicyclic amines) is 1. The van der Waals surface area contributed by atoms with Crippen LogP contribution in [0.15, 0.2) is 48.9 Å². The number of rotatable bonds is 13. The van der Waals surface area contributed by atoms with Crippen molar-refractivity contribution in [2.24, 2.45) is 11.7 Å². The van der Waals surface area contributed by atoms with E-state index < -0.39 is 0 Å². The number of nitrogens with two attached hydrogens (primary N) is 1. The molecule has 0 radical (unpaired) electrons. The van der Waals surface area contributed by atoms with Gasteiger partial charge in [-0.15, -0.1) is 6.42 Å². The fourth-order valence-corrected chi connectivity index (χ4v) is 5.29. The number of nitrogens with zero attached hydrogens (tertiary/aromatic N) is 4. The molecule has 1 saturated heterocycles. The minimum Gasteiger partial charge on any atom is -0.496 e. The van der Waals surface area contributed by atoms with E-state index in [0.717, 1.165) is 53.8 Å². The summed E-state index contributed by atoms with van der Waals surface area (Å²) in [4.78, 5) is 43.3. The Balaban J connectivity index is 1.42. The summed E-state index contributed by atoms with van der Waals surface area (Å²) in [6.07, 6.45) is 12.2. The number of imidazole rings is 1. The minimum atomic E-state index is -0.309. The fraction of sp³-hybridized carbons (Fsp3) is 0.344. The molecule has 1 fully saturated rings. The van der Waals surface area contributed by atoms with Gasteiger partial charge in [0.1, 0.15) is 23.7 Å². The first-order valence-corrected chi connectivity index (χ1v) is 14.3. The standard InChI is InChI=1S/C32H36N8O3/c1-4-20-9-8-10-22(13-20)37-30-24-14-23(28(43-3)15-26(24)35-19-36-30)27-16-34-31(38-27)25(11-6-5-7-12-29(33)41)39-32(42)21-17-40(2)18-21/h1,8-10,13-16,19,21,25H,5-7,11-12,17-18H2,2-3H3,(H2,33,41)(H,34,38)(H,39,42)(H,35,36,37)/t25-/m0/s1. The van der Waals surface area contributed by atoms with E-state index in [0.29, 0.717) is 42.2 Å². The Kier molecular flexibility index (Phi) is 9.17. The first kappa shape index (κ1) is 29.5. The highest BCUT2D eigenvalue weighted by Gasteiger charge is 2.32. The van der Waals surface area contributed by atoms with Gasteiger partial charge >= 0.3 is 0 Å². The van der Waals surface area contributed by atoms with Crippen molar-refractivity contribution in [3.05, 3.63) is 60.3 Å². The number of anilines is 2. The zero-order valence-electron chi connectivity index (χ0n) is 24.4. The Bertz CT molecular complexity index is 1650. The summed E-state index contributed by atoms with van der Waals surface area (Å²) in [5.41, 5.74) is 9.07. The molecule has 5 rings (SSSR count). The smallest absolute Gasteiger partial charge is 0.226 e. The van der Waals surface area contributed by atoms with E-state index >= 15 is 0 Å². The number of carbonyl (C=O) groups excluding carboxylic acids is 2. The van der Waals surface area contributed by atoms with E-state index in [1.807, 2.05) is 43.4 Å². The van der Waals surface area contributed by atoms with Crippen LogP contribution in [0, 0.1) is 18.3 Å². The van der Waals surface area contributed by atoms with Crippen LogP contribution in [0.25, 0.3) is 22.2 Å². The molecule has 2 aromatic carbocycles. The molecular weight excluding hydrogens is 544 g/mol. The summed E-state index contributed by atoms with van der Waals surface area (Å²) in [6.45, 7) is 1.47. The number of carbonyl (C=O) groups is 2. The van der Waals surface area contributed by atoms with Crippen LogP contribution in [-0.4, -0.2) is 63.9 Å². The molecule has 0 saturated carbocycles. The van der Waals surface area contributed by atoms with E-state index in [1.165, 1.54) is 6.33 Å². The number of hydrogen-bond acceptors (Lipinski definition) is 8. The van der Waals surface area contributed by atoms with Crippen LogP contribution in [0.2, 0.25) is 0 Å². The maximum Gasteiger partial charge on any atom is 0.226 e. The van der Waals surface area contributed by atoms with Crippen molar-refractivity contribution in [1.29, 1.82) is 0 Å². The zero-order chi connectivity index (χ0) is 30.3. The lowest BCUT2D eigenvalue weighted by molar-refractivity contribution is -0.130. The van der Waals surface area contributed by atoms with Gasteiger partial charge < -0.3 is 31.0 Å². The maximum atomic E-state index is 13.0. The monoisotopic (exact) mass is 580 g/mol. The molecule has 0 spiro atoms. The summed E-state index contributed by atoms with van der Waals surface area (Å²) in [5, 5.41) is 7.34. The van der Waals surface area contributed by atoms with Crippen molar-refractivity contribution in [1.82, 2.24) is 30.2 Å². The maximum absolute atomic E-state index is 13.0. The first-order chi connectivity index (χ1) is 20.8. The van der Waals surface area contributed by atoms with Crippen LogP contribution in [0.4, 0.5) is 11.5 Å². The molecule has 2 amide bonds. The van der Waals surface area contributed by atoms with Gasteiger partial charge in [0.15, 0.2) is 0 Å². The van der Waals surface area contributed by atoms with Crippen molar-refractivity contribution >= 4 is 34.2 Å². The van der Waals surface area contributed by atoms with Crippen molar-refractivity contribution < 1.29 is 14.3 Å². The van der Waals surface area contributed by atoms with Crippen molar-refractivity contribution in [2.75, 3.05) is 32.6 Å². The number of nitrogens with one attached hydrogen (secondary N) is 3. The number of primary amides is 1. The van der Waals surface area contributed by atoms with E-state index in [1.54, 1.807) is 13.3 Å². The summed E-state index contributed by atoms with van der Waals surface area (Å²) in [7, 11) is 3.61. The van der Waals surface area contributed by atoms with Gasteiger partial charge in [-0.25, -0.2) is 15.0 Å². The van der Waals surface area contributed by atoms with Gasteiger partial charge in [-0.2, -0.15) is 0 Å². The molecule has 0 unspecified atom stereocenters. The van der Waals surface area contributed by atoms with E-state index in [2.05, 4.69) is 41.4 Å². The second kappa shape index (κ2) is 13.4. The molecule has 1 aliphatic heterocycles. The number of ether oxygens (including phenoxy) is 1. The van der Waals surface area contributed by atoms with Crippen molar-refractivity contribution in [3.8, 4) is 29.4 Å². The second-order valence-electron chi connectivity index (χ2n) is 10.9. The number of aromatic nitrogens is 4. The highest BCUT2D eigenvalue weighted by Crippen LogP contribution is 2.36. The lowest BCUT2D eigenvalue weighted by Gasteiger charge is -2.35. The zero-order valence-corrected chi connectivity index (χ0v) is 24.4. The Morgan fingerprint density at radius 1 is 1.19 bits per heavy atom. The number of terminal acetylenes is 1. The van der Waals surface area contributed by atoms with Crippen LogP contribution in [0.5, 0.6) is 5.75 Å². The number of H-pyrrole nitrogens is 1. The first-order valence-electron chi connectivity index (χ1n) is 14.3. The Hall–Kier alpha value is -4.95. The number of aromatic amines is 1.